The first-order valence-electron chi connectivity index (χ1n) is 9.55. The van der Waals surface area contributed by atoms with Crippen molar-refractivity contribution in [2.75, 3.05) is 0 Å². The van der Waals surface area contributed by atoms with Crippen LogP contribution in [0.15, 0.2) is 22.7 Å². The average molecular weight is 457 g/mol. The van der Waals surface area contributed by atoms with Crippen LogP contribution in [-0.2, 0) is 9.47 Å². The van der Waals surface area contributed by atoms with Gasteiger partial charge in [0.05, 0.1) is 24.1 Å². The zero-order chi connectivity index (χ0) is 20.9. The monoisotopic (exact) mass is 456 g/mol. The number of nitriles is 3. The number of halogens is 2. The van der Waals surface area contributed by atoms with Crippen molar-refractivity contribution in [1.82, 2.24) is 0 Å². The van der Waals surface area contributed by atoms with Crippen molar-refractivity contribution in [2.24, 2.45) is 16.7 Å². The summed E-state index contributed by atoms with van der Waals surface area (Å²) in [5.41, 5.74) is -3.93. The van der Waals surface area contributed by atoms with E-state index in [0.717, 1.165) is 25.7 Å². The fourth-order valence-corrected chi connectivity index (χ4v) is 5.54. The highest BCUT2D eigenvalue weighted by atomic mass is 79.9. The minimum absolute atomic E-state index is 0.00843. The lowest BCUT2D eigenvalue weighted by molar-refractivity contribution is -0.289. The summed E-state index contributed by atoms with van der Waals surface area (Å²) in [6, 6.07) is 10.3. The second-order valence-corrected chi connectivity index (χ2v) is 8.78. The Hall–Kier alpha value is -2.47. The van der Waals surface area contributed by atoms with Gasteiger partial charge in [-0.3, -0.25) is 5.41 Å². The van der Waals surface area contributed by atoms with Gasteiger partial charge in [-0.1, -0.05) is 41.3 Å². The summed E-state index contributed by atoms with van der Waals surface area (Å²) in [5, 5.41) is 39.2. The van der Waals surface area contributed by atoms with Crippen LogP contribution in [-0.4, -0.2) is 11.7 Å². The van der Waals surface area contributed by atoms with Crippen molar-refractivity contribution < 1.29 is 13.9 Å². The van der Waals surface area contributed by atoms with Crippen LogP contribution in [0, 0.1) is 62.0 Å². The summed E-state index contributed by atoms with van der Waals surface area (Å²) in [4.78, 5) is 0. The molecule has 0 aromatic heterocycles. The molecular formula is C21H18BrFN4O2. The van der Waals surface area contributed by atoms with Gasteiger partial charge in [-0.25, -0.2) is 4.39 Å². The molecule has 0 amide bonds. The van der Waals surface area contributed by atoms with E-state index in [1.807, 2.05) is 12.1 Å². The molecule has 148 valence electrons. The van der Waals surface area contributed by atoms with E-state index in [1.54, 1.807) is 6.07 Å². The van der Waals surface area contributed by atoms with Crippen LogP contribution in [0.25, 0.3) is 0 Å². The molecule has 3 fully saturated rings. The highest BCUT2D eigenvalue weighted by Crippen LogP contribution is 2.68. The van der Waals surface area contributed by atoms with E-state index in [1.165, 1.54) is 12.1 Å². The maximum atomic E-state index is 14.9. The van der Waals surface area contributed by atoms with Crippen LogP contribution in [0.1, 0.15) is 50.2 Å². The van der Waals surface area contributed by atoms with Crippen molar-refractivity contribution in [3.63, 3.8) is 0 Å². The number of rotatable bonds is 1. The molecule has 2 heterocycles. The number of benzene rings is 1. The number of ether oxygens (including phenoxy) is 2. The van der Waals surface area contributed by atoms with Crippen LogP contribution in [0.3, 0.4) is 0 Å². The SMILES string of the molecule is N#CC1(C#N)C(c2ccc(Br)cc2F)OC23CCCCCCC2C1(C#N)C(=N)O3. The van der Waals surface area contributed by atoms with Gasteiger partial charge in [0, 0.05) is 16.5 Å². The molecule has 1 aliphatic carbocycles. The second kappa shape index (κ2) is 6.80. The molecule has 29 heavy (non-hydrogen) atoms. The molecule has 0 spiro atoms. The molecule has 1 saturated carbocycles. The first-order chi connectivity index (χ1) is 13.9. The van der Waals surface area contributed by atoms with E-state index in [0.29, 0.717) is 17.3 Å². The molecule has 1 aromatic rings. The number of nitrogens with zero attached hydrogens (tertiary/aromatic N) is 3. The van der Waals surface area contributed by atoms with Gasteiger partial charge in [0.1, 0.15) is 11.9 Å². The Morgan fingerprint density at radius 3 is 2.48 bits per heavy atom. The summed E-state index contributed by atoms with van der Waals surface area (Å²) in [7, 11) is 0. The van der Waals surface area contributed by atoms with E-state index in [4.69, 9.17) is 14.9 Å². The fourth-order valence-electron chi connectivity index (χ4n) is 5.21. The molecule has 2 aliphatic heterocycles. The summed E-state index contributed by atoms with van der Waals surface area (Å²) >= 11 is 3.20. The molecule has 6 nitrogen and oxygen atoms in total. The van der Waals surface area contributed by atoms with Crippen LogP contribution in [0.5, 0.6) is 0 Å². The Morgan fingerprint density at radius 1 is 1.10 bits per heavy atom. The summed E-state index contributed by atoms with van der Waals surface area (Å²) in [6.07, 6.45) is 3.00. The van der Waals surface area contributed by atoms with E-state index < -0.39 is 40.4 Å². The third-order valence-electron chi connectivity index (χ3n) is 6.56. The average Bonchev–Trinajstić information content (AvgIpc) is 2.85. The minimum atomic E-state index is -2.11. The first kappa shape index (κ1) is 19.8. The predicted octanol–water partition coefficient (Wildman–Crippen LogP) is 4.88. The predicted molar refractivity (Wildman–Crippen MR) is 102 cm³/mol. The van der Waals surface area contributed by atoms with Crippen LogP contribution in [0.2, 0.25) is 0 Å². The third-order valence-corrected chi connectivity index (χ3v) is 7.05. The van der Waals surface area contributed by atoms with Gasteiger partial charge in [-0.05, 0) is 25.0 Å². The highest BCUT2D eigenvalue weighted by molar-refractivity contribution is 9.10. The van der Waals surface area contributed by atoms with Gasteiger partial charge in [-0.2, -0.15) is 15.8 Å². The minimum Gasteiger partial charge on any atom is -0.447 e. The molecule has 1 aromatic carbocycles. The lowest BCUT2D eigenvalue weighted by atomic mass is 9.52. The second-order valence-electron chi connectivity index (χ2n) is 7.86. The lowest BCUT2D eigenvalue weighted by Gasteiger charge is -2.50. The molecule has 3 aliphatic rings. The van der Waals surface area contributed by atoms with Crippen molar-refractivity contribution in [3.8, 4) is 18.2 Å². The quantitative estimate of drug-likeness (QED) is 0.646. The van der Waals surface area contributed by atoms with Crippen molar-refractivity contribution >= 4 is 21.8 Å². The Bertz CT molecular complexity index is 995. The van der Waals surface area contributed by atoms with Gasteiger partial charge >= 0.3 is 0 Å². The van der Waals surface area contributed by atoms with Gasteiger partial charge < -0.3 is 9.47 Å². The van der Waals surface area contributed by atoms with E-state index >= 15 is 0 Å². The van der Waals surface area contributed by atoms with Crippen molar-refractivity contribution in [1.29, 1.82) is 21.2 Å². The molecule has 0 radical (unpaired) electrons. The molecular weight excluding hydrogens is 439 g/mol. The summed E-state index contributed by atoms with van der Waals surface area (Å²) in [6.45, 7) is 0. The zero-order valence-corrected chi connectivity index (χ0v) is 17.1. The lowest BCUT2D eigenvalue weighted by Crippen LogP contribution is -2.59. The first-order valence-corrected chi connectivity index (χ1v) is 10.3. The van der Waals surface area contributed by atoms with E-state index in [2.05, 4.69) is 22.0 Å². The Balaban J connectivity index is 2.00. The van der Waals surface area contributed by atoms with Crippen molar-refractivity contribution in [3.05, 3.63) is 34.1 Å². The highest BCUT2D eigenvalue weighted by Gasteiger charge is 2.80. The number of nitrogens with one attached hydrogen (secondary N) is 1. The van der Waals surface area contributed by atoms with Gasteiger partial charge in [-0.15, -0.1) is 0 Å². The molecule has 2 saturated heterocycles. The summed E-state index contributed by atoms with van der Waals surface area (Å²) in [5.74, 6) is -3.02. The number of hydrogen-bond donors (Lipinski definition) is 1. The van der Waals surface area contributed by atoms with Crippen LogP contribution >= 0.6 is 15.9 Å². The Kier molecular flexibility index (Phi) is 4.65. The molecule has 1 N–H and O–H groups in total. The maximum Gasteiger partial charge on any atom is 0.217 e. The Labute approximate surface area is 176 Å². The van der Waals surface area contributed by atoms with E-state index in [-0.39, 0.29) is 5.56 Å². The van der Waals surface area contributed by atoms with Crippen molar-refractivity contribution in [2.45, 2.75) is 50.4 Å². The third kappa shape index (κ3) is 2.41. The van der Waals surface area contributed by atoms with Gasteiger partial charge in [0.25, 0.3) is 0 Å². The molecule has 4 rings (SSSR count). The normalized spacial score (nSPS) is 35.1. The fraction of sp³-hybridized carbons (Fsp3) is 0.524. The van der Waals surface area contributed by atoms with Crippen LogP contribution < -0.4 is 0 Å². The molecule has 4 atom stereocenters. The van der Waals surface area contributed by atoms with Gasteiger partial charge in [0.2, 0.25) is 17.1 Å². The Morgan fingerprint density at radius 2 is 1.83 bits per heavy atom. The number of hydrogen-bond acceptors (Lipinski definition) is 6. The largest absolute Gasteiger partial charge is 0.447 e. The molecule has 4 unspecified atom stereocenters. The molecule has 8 heteroatoms. The zero-order valence-electron chi connectivity index (χ0n) is 15.5. The van der Waals surface area contributed by atoms with Crippen LogP contribution in [0.4, 0.5) is 4.39 Å². The molecule has 2 bridgehead atoms. The topological polar surface area (TPSA) is 114 Å². The maximum absolute atomic E-state index is 14.9. The standard InChI is InChI=1S/C21H18BrFN4O2/c22-13-6-7-14(15(23)9-13)17-19(10-24,11-25)20(12-26)16-5-3-1-2-4-8-21(16,28-17)29-18(20)27/h6-7,9,16-17,27H,1-5,8H2. The van der Waals surface area contributed by atoms with Gasteiger partial charge in [0.15, 0.2) is 5.41 Å². The summed E-state index contributed by atoms with van der Waals surface area (Å²) < 4.78 is 27.6. The smallest absolute Gasteiger partial charge is 0.217 e. The van der Waals surface area contributed by atoms with E-state index in [9.17, 15) is 20.2 Å².